The Balaban J connectivity index is 2.71. The third-order valence-corrected chi connectivity index (χ3v) is 2.22. The molecule has 1 heterocycles. The van der Waals surface area contributed by atoms with Crippen molar-refractivity contribution in [2.24, 2.45) is 0 Å². The fraction of sp³-hybridized carbons (Fsp3) is 0.667. The molecule has 1 saturated heterocycles. The van der Waals surface area contributed by atoms with Gasteiger partial charge in [0.25, 0.3) is 5.91 Å². The van der Waals surface area contributed by atoms with Crippen LogP contribution in [0.2, 0.25) is 0 Å². The molecule has 1 rings (SSSR count). The zero-order valence-corrected chi connectivity index (χ0v) is 7.58. The van der Waals surface area contributed by atoms with E-state index in [-0.39, 0.29) is 5.91 Å². The molecule has 0 radical (unpaired) electrons. The minimum atomic E-state index is -0.772. The first-order valence-corrected chi connectivity index (χ1v) is 4.35. The summed E-state index contributed by atoms with van der Waals surface area (Å²) in [4.78, 5) is 13.0. The second-order valence-electron chi connectivity index (χ2n) is 2.93. The monoisotopic (exact) mass is 169 g/mol. The maximum absolute atomic E-state index is 11.3. The molecule has 3 nitrogen and oxygen atoms in total. The molecule has 1 aliphatic rings. The number of allylic oxidation sites excluding steroid dienone is 2. The number of amides is 1. The van der Waals surface area contributed by atoms with Gasteiger partial charge < -0.3 is 10.0 Å². The van der Waals surface area contributed by atoms with Crippen molar-refractivity contribution in [2.75, 3.05) is 6.54 Å². The first kappa shape index (κ1) is 9.26. The van der Waals surface area contributed by atoms with Gasteiger partial charge in [0.1, 0.15) is 6.10 Å². The van der Waals surface area contributed by atoms with Crippen LogP contribution >= 0.6 is 0 Å². The summed E-state index contributed by atoms with van der Waals surface area (Å²) in [6, 6.07) is 0. The standard InChI is InChI=1S/C9H15NO2/c1-3-7(4-2)10-6-5-8(11)9(10)12/h3,8,11H,4-6H2,1-2H3. The molecule has 12 heavy (non-hydrogen) atoms. The second kappa shape index (κ2) is 3.72. The highest BCUT2D eigenvalue weighted by Crippen LogP contribution is 2.18. The summed E-state index contributed by atoms with van der Waals surface area (Å²) in [7, 11) is 0. The summed E-state index contributed by atoms with van der Waals surface area (Å²) in [5, 5.41) is 9.19. The van der Waals surface area contributed by atoms with Gasteiger partial charge in [-0.1, -0.05) is 13.0 Å². The van der Waals surface area contributed by atoms with Crippen LogP contribution in [0, 0.1) is 0 Å². The quantitative estimate of drug-likeness (QED) is 0.667. The molecule has 0 bridgehead atoms. The maximum atomic E-state index is 11.3. The Morgan fingerprint density at radius 3 is 2.83 bits per heavy atom. The average Bonchev–Trinajstić information content (AvgIpc) is 2.38. The van der Waals surface area contributed by atoms with Gasteiger partial charge in [0.15, 0.2) is 0 Å². The van der Waals surface area contributed by atoms with Gasteiger partial charge in [0.2, 0.25) is 0 Å². The zero-order valence-electron chi connectivity index (χ0n) is 7.58. The molecule has 1 fully saturated rings. The number of likely N-dealkylation sites (tertiary alicyclic amines) is 1. The third kappa shape index (κ3) is 1.50. The molecule has 0 spiro atoms. The molecule has 1 atom stereocenters. The molecule has 3 heteroatoms. The van der Waals surface area contributed by atoms with Crippen LogP contribution in [0.1, 0.15) is 26.7 Å². The SMILES string of the molecule is CC=C(CC)N1CCC(O)C1=O. The highest BCUT2D eigenvalue weighted by molar-refractivity contribution is 5.84. The first-order valence-electron chi connectivity index (χ1n) is 4.35. The molecule has 1 unspecified atom stereocenters. The van der Waals surface area contributed by atoms with Crippen LogP contribution in [0.25, 0.3) is 0 Å². The van der Waals surface area contributed by atoms with E-state index in [1.54, 1.807) is 4.90 Å². The molecular weight excluding hydrogens is 154 g/mol. The van der Waals surface area contributed by atoms with Gasteiger partial charge in [-0.25, -0.2) is 0 Å². The van der Waals surface area contributed by atoms with Crippen molar-refractivity contribution in [3.05, 3.63) is 11.8 Å². The van der Waals surface area contributed by atoms with E-state index >= 15 is 0 Å². The molecule has 1 amide bonds. The van der Waals surface area contributed by atoms with Crippen LogP contribution in [-0.4, -0.2) is 28.6 Å². The van der Waals surface area contributed by atoms with Gasteiger partial charge in [-0.05, 0) is 13.3 Å². The fourth-order valence-corrected chi connectivity index (χ4v) is 1.50. The lowest BCUT2D eigenvalue weighted by molar-refractivity contribution is -0.132. The van der Waals surface area contributed by atoms with Crippen LogP contribution in [0.4, 0.5) is 0 Å². The normalized spacial score (nSPS) is 25.2. The van der Waals surface area contributed by atoms with Gasteiger partial charge in [0, 0.05) is 18.7 Å². The minimum Gasteiger partial charge on any atom is -0.383 e. The Morgan fingerprint density at radius 1 is 1.83 bits per heavy atom. The predicted molar refractivity (Wildman–Crippen MR) is 46.4 cm³/mol. The molecule has 1 aliphatic heterocycles. The van der Waals surface area contributed by atoms with E-state index in [0.717, 1.165) is 12.1 Å². The van der Waals surface area contributed by atoms with Gasteiger partial charge in [0.05, 0.1) is 0 Å². The third-order valence-electron chi connectivity index (χ3n) is 2.22. The van der Waals surface area contributed by atoms with Crippen LogP contribution in [0.3, 0.4) is 0 Å². The number of aliphatic hydroxyl groups excluding tert-OH is 1. The Bertz CT molecular complexity index is 211. The molecule has 0 aromatic carbocycles. The largest absolute Gasteiger partial charge is 0.383 e. The van der Waals surface area contributed by atoms with Crippen molar-refractivity contribution < 1.29 is 9.90 Å². The molecule has 1 N–H and O–H groups in total. The number of aliphatic hydroxyl groups is 1. The summed E-state index contributed by atoms with van der Waals surface area (Å²) >= 11 is 0. The highest BCUT2D eigenvalue weighted by Gasteiger charge is 2.30. The van der Waals surface area contributed by atoms with Crippen molar-refractivity contribution in [1.82, 2.24) is 4.90 Å². The number of rotatable bonds is 2. The summed E-state index contributed by atoms with van der Waals surface area (Å²) in [6.07, 6.45) is 2.56. The summed E-state index contributed by atoms with van der Waals surface area (Å²) in [6.45, 7) is 4.58. The maximum Gasteiger partial charge on any atom is 0.255 e. The van der Waals surface area contributed by atoms with Gasteiger partial charge in [-0.2, -0.15) is 0 Å². The van der Waals surface area contributed by atoms with E-state index in [2.05, 4.69) is 0 Å². The van der Waals surface area contributed by atoms with E-state index in [0.29, 0.717) is 13.0 Å². The van der Waals surface area contributed by atoms with Crippen molar-refractivity contribution in [3.63, 3.8) is 0 Å². The van der Waals surface area contributed by atoms with Crippen molar-refractivity contribution in [3.8, 4) is 0 Å². The summed E-state index contributed by atoms with van der Waals surface area (Å²) in [5.74, 6) is -0.148. The lowest BCUT2D eigenvalue weighted by Gasteiger charge is -2.17. The highest BCUT2D eigenvalue weighted by atomic mass is 16.3. The van der Waals surface area contributed by atoms with Gasteiger partial charge in [-0.15, -0.1) is 0 Å². The second-order valence-corrected chi connectivity index (χ2v) is 2.93. The topological polar surface area (TPSA) is 40.5 Å². The smallest absolute Gasteiger partial charge is 0.255 e. The molecule has 0 aromatic rings. The number of hydrogen-bond donors (Lipinski definition) is 1. The van der Waals surface area contributed by atoms with E-state index < -0.39 is 6.10 Å². The van der Waals surface area contributed by atoms with Gasteiger partial charge in [-0.3, -0.25) is 4.79 Å². The number of carbonyl (C=O) groups is 1. The van der Waals surface area contributed by atoms with E-state index in [4.69, 9.17) is 0 Å². The number of hydrogen-bond acceptors (Lipinski definition) is 2. The molecular formula is C9H15NO2. The van der Waals surface area contributed by atoms with Crippen molar-refractivity contribution in [2.45, 2.75) is 32.8 Å². The van der Waals surface area contributed by atoms with E-state index in [1.807, 2.05) is 19.9 Å². The molecule has 0 aliphatic carbocycles. The van der Waals surface area contributed by atoms with Crippen molar-refractivity contribution >= 4 is 5.91 Å². The summed E-state index contributed by atoms with van der Waals surface area (Å²) in [5.41, 5.74) is 1.01. The number of carbonyl (C=O) groups excluding carboxylic acids is 1. The molecule has 68 valence electrons. The fourth-order valence-electron chi connectivity index (χ4n) is 1.50. The van der Waals surface area contributed by atoms with E-state index in [9.17, 15) is 9.90 Å². The van der Waals surface area contributed by atoms with Crippen LogP contribution in [0.5, 0.6) is 0 Å². The number of nitrogens with zero attached hydrogens (tertiary/aromatic N) is 1. The molecule has 0 saturated carbocycles. The van der Waals surface area contributed by atoms with E-state index in [1.165, 1.54) is 0 Å². The van der Waals surface area contributed by atoms with Crippen LogP contribution < -0.4 is 0 Å². The Labute approximate surface area is 72.7 Å². The Kier molecular flexibility index (Phi) is 2.87. The summed E-state index contributed by atoms with van der Waals surface area (Å²) < 4.78 is 0. The first-order chi connectivity index (χ1) is 5.70. The average molecular weight is 169 g/mol. The molecule has 0 aromatic heterocycles. The van der Waals surface area contributed by atoms with Gasteiger partial charge >= 0.3 is 0 Å². The minimum absolute atomic E-state index is 0.148. The zero-order chi connectivity index (χ0) is 9.14. The Hall–Kier alpha value is -0.830. The van der Waals surface area contributed by atoms with Crippen molar-refractivity contribution in [1.29, 1.82) is 0 Å². The lowest BCUT2D eigenvalue weighted by atomic mass is 10.3. The Morgan fingerprint density at radius 2 is 2.50 bits per heavy atom. The van der Waals surface area contributed by atoms with Crippen LogP contribution in [0.15, 0.2) is 11.8 Å². The lowest BCUT2D eigenvalue weighted by Crippen LogP contribution is -2.28. The van der Waals surface area contributed by atoms with Crippen LogP contribution in [-0.2, 0) is 4.79 Å². The predicted octanol–water partition coefficient (Wildman–Crippen LogP) is 0.893.